The molecule has 1 aromatic carbocycles. The predicted molar refractivity (Wildman–Crippen MR) is 103 cm³/mol. The minimum Gasteiger partial charge on any atom is -0.322 e. The number of fused-ring (bicyclic) bond motifs is 1. The van der Waals surface area contributed by atoms with Gasteiger partial charge in [0.1, 0.15) is 10.2 Å². The Labute approximate surface area is 166 Å². The summed E-state index contributed by atoms with van der Waals surface area (Å²) in [7, 11) is 1.50. The maximum absolute atomic E-state index is 13.2. The lowest BCUT2D eigenvalue weighted by Crippen LogP contribution is -2.15. The number of aromatic nitrogens is 2. The molecule has 0 saturated heterocycles. The van der Waals surface area contributed by atoms with Crippen molar-refractivity contribution in [3.8, 4) is 0 Å². The number of hydrogen-bond donors (Lipinski definition) is 1. The van der Waals surface area contributed by atoms with E-state index in [2.05, 4.69) is 17.3 Å². The number of halogens is 4. The van der Waals surface area contributed by atoms with Crippen LogP contribution in [0.15, 0.2) is 34.5 Å². The van der Waals surface area contributed by atoms with E-state index in [0.717, 1.165) is 29.5 Å². The van der Waals surface area contributed by atoms with Gasteiger partial charge >= 0.3 is 0 Å². The predicted octanol–water partition coefficient (Wildman–Crippen LogP) is 5.74. The third kappa shape index (κ3) is 3.87. The number of nitrogens with zero attached hydrogens (tertiary/aromatic N) is 2. The molecule has 3 rings (SSSR count). The van der Waals surface area contributed by atoms with E-state index >= 15 is 0 Å². The van der Waals surface area contributed by atoms with Crippen LogP contribution in [-0.2, 0) is 13.5 Å². The molecule has 1 unspecified atom stereocenters. The van der Waals surface area contributed by atoms with E-state index in [1.165, 1.54) is 17.9 Å². The van der Waals surface area contributed by atoms with Gasteiger partial charge in [-0.15, -0.1) is 0 Å². The number of nitrogens with one attached hydrogen (secondary N) is 1. The van der Waals surface area contributed by atoms with E-state index in [4.69, 9.17) is 23.2 Å². The Hall–Kier alpha value is -1.92. The zero-order valence-corrected chi connectivity index (χ0v) is 16.4. The first-order valence-electron chi connectivity index (χ1n) is 8.62. The Bertz CT molecular complexity index is 904. The van der Waals surface area contributed by atoms with Crippen molar-refractivity contribution in [3.05, 3.63) is 56.8 Å². The summed E-state index contributed by atoms with van der Waals surface area (Å²) in [5, 5.41) is 6.47. The summed E-state index contributed by atoms with van der Waals surface area (Å²) >= 11 is 12.2. The normalized spacial score (nSPS) is 16.0. The topological polar surface area (TPSA) is 46.9 Å². The van der Waals surface area contributed by atoms with Crippen LogP contribution in [0, 0.1) is 0 Å². The maximum Gasteiger partial charge on any atom is 0.282 e. The van der Waals surface area contributed by atoms with Crippen molar-refractivity contribution < 1.29 is 13.6 Å². The highest BCUT2D eigenvalue weighted by Crippen LogP contribution is 2.46. The zero-order chi connectivity index (χ0) is 19.7. The van der Waals surface area contributed by atoms with Crippen LogP contribution in [-0.4, -0.2) is 15.7 Å². The molecule has 0 radical (unpaired) electrons. The molecule has 0 fully saturated rings. The van der Waals surface area contributed by atoms with E-state index < -0.39 is 18.0 Å². The SMILES string of the molecule is CCCC1C(=C(Cl)Cl)Cc2cccc(NC(=O)c3cn(C)nc3C(F)F)c21. The number of alkyl halides is 2. The highest BCUT2D eigenvalue weighted by molar-refractivity contribution is 6.56. The molecule has 1 N–H and O–H groups in total. The number of allylic oxidation sites excluding steroid dienone is 1. The highest BCUT2D eigenvalue weighted by atomic mass is 35.5. The summed E-state index contributed by atoms with van der Waals surface area (Å²) in [6.45, 7) is 2.06. The average molecular weight is 414 g/mol. The molecule has 4 nitrogen and oxygen atoms in total. The first-order chi connectivity index (χ1) is 12.8. The molecule has 1 heterocycles. The second-order valence-electron chi connectivity index (χ2n) is 6.54. The molecule has 144 valence electrons. The van der Waals surface area contributed by atoms with Gasteiger partial charge in [-0.3, -0.25) is 9.48 Å². The van der Waals surface area contributed by atoms with Gasteiger partial charge in [0.15, 0.2) is 0 Å². The quantitative estimate of drug-likeness (QED) is 0.679. The van der Waals surface area contributed by atoms with Crippen LogP contribution >= 0.6 is 23.2 Å². The third-order valence-electron chi connectivity index (χ3n) is 4.72. The lowest BCUT2D eigenvalue weighted by molar-refractivity contribution is 0.101. The van der Waals surface area contributed by atoms with Crippen molar-refractivity contribution in [3.63, 3.8) is 0 Å². The molecule has 8 heteroatoms. The zero-order valence-electron chi connectivity index (χ0n) is 14.9. The van der Waals surface area contributed by atoms with E-state index in [1.54, 1.807) is 6.07 Å². The van der Waals surface area contributed by atoms with Gasteiger partial charge in [0.2, 0.25) is 0 Å². The van der Waals surface area contributed by atoms with Crippen LogP contribution in [0.2, 0.25) is 0 Å². The molecule has 1 aromatic heterocycles. The minimum absolute atomic E-state index is 0.00466. The van der Waals surface area contributed by atoms with Gasteiger partial charge in [-0.1, -0.05) is 48.7 Å². The Morgan fingerprint density at radius 1 is 1.41 bits per heavy atom. The van der Waals surface area contributed by atoms with Gasteiger partial charge in [-0.25, -0.2) is 8.78 Å². The van der Waals surface area contributed by atoms with E-state index in [1.807, 2.05) is 12.1 Å². The fourth-order valence-electron chi connectivity index (χ4n) is 3.63. The monoisotopic (exact) mass is 413 g/mol. The third-order valence-corrected chi connectivity index (χ3v) is 5.21. The second kappa shape index (κ2) is 7.98. The van der Waals surface area contributed by atoms with E-state index in [-0.39, 0.29) is 16.0 Å². The van der Waals surface area contributed by atoms with Crippen LogP contribution in [0.1, 0.15) is 59.3 Å². The number of aryl methyl sites for hydroxylation is 1. The number of anilines is 1. The molecule has 27 heavy (non-hydrogen) atoms. The Kier molecular flexibility index (Phi) is 5.86. The smallest absolute Gasteiger partial charge is 0.282 e. The van der Waals surface area contributed by atoms with Crippen LogP contribution in [0.3, 0.4) is 0 Å². The summed E-state index contributed by atoms with van der Waals surface area (Å²) in [5.41, 5.74) is 2.82. The largest absolute Gasteiger partial charge is 0.322 e. The number of amides is 1. The number of benzene rings is 1. The summed E-state index contributed by atoms with van der Waals surface area (Å²) in [4.78, 5) is 12.7. The molecule has 0 bridgehead atoms. The standard InChI is InChI=1S/C19H19Cl2F2N3O/c1-3-5-11-12(17(20)21)8-10-6-4-7-14(15(10)11)24-19(27)13-9-26(2)25-16(13)18(22)23/h4,6-7,9,11,18H,3,5,8H2,1-2H3,(H,24,27). The molecule has 2 aromatic rings. The fourth-order valence-corrected chi connectivity index (χ4v) is 4.02. The number of carbonyl (C=O) groups is 1. The van der Waals surface area contributed by atoms with Crippen molar-refractivity contribution in [2.45, 2.75) is 38.5 Å². The molecule has 0 spiro atoms. The van der Waals surface area contributed by atoms with Gasteiger partial charge < -0.3 is 5.32 Å². The molecular weight excluding hydrogens is 395 g/mol. The van der Waals surface area contributed by atoms with Crippen molar-refractivity contribution in [2.75, 3.05) is 5.32 Å². The van der Waals surface area contributed by atoms with Crippen LogP contribution in [0.4, 0.5) is 14.5 Å². The minimum atomic E-state index is -2.83. The molecule has 0 aliphatic heterocycles. The first-order valence-corrected chi connectivity index (χ1v) is 9.37. The number of hydrogen-bond acceptors (Lipinski definition) is 2. The van der Waals surface area contributed by atoms with E-state index in [0.29, 0.717) is 12.1 Å². The van der Waals surface area contributed by atoms with Gasteiger partial charge in [0, 0.05) is 24.8 Å². The lowest BCUT2D eigenvalue weighted by atomic mass is 9.92. The number of carbonyl (C=O) groups excluding carboxylic acids is 1. The van der Waals surface area contributed by atoms with Gasteiger partial charge in [-0.05, 0) is 35.6 Å². The maximum atomic E-state index is 13.2. The van der Waals surface area contributed by atoms with Crippen molar-refractivity contribution >= 4 is 34.8 Å². The highest BCUT2D eigenvalue weighted by Gasteiger charge is 2.32. The number of rotatable bonds is 5. The Balaban J connectivity index is 1.98. The van der Waals surface area contributed by atoms with Crippen molar-refractivity contribution in [1.29, 1.82) is 0 Å². The van der Waals surface area contributed by atoms with Crippen molar-refractivity contribution in [1.82, 2.24) is 9.78 Å². The Morgan fingerprint density at radius 3 is 2.78 bits per heavy atom. The van der Waals surface area contributed by atoms with Crippen LogP contribution < -0.4 is 5.32 Å². The van der Waals surface area contributed by atoms with Crippen LogP contribution in [0.5, 0.6) is 0 Å². The van der Waals surface area contributed by atoms with Crippen molar-refractivity contribution in [2.24, 2.45) is 7.05 Å². The van der Waals surface area contributed by atoms with Gasteiger partial charge in [0.05, 0.1) is 5.56 Å². The summed E-state index contributed by atoms with van der Waals surface area (Å²) in [5.74, 6) is -0.619. The molecule has 0 saturated carbocycles. The summed E-state index contributed by atoms with van der Waals surface area (Å²) in [6, 6.07) is 5.55. The van der Waals surface area contributed by atoms with Gasteiger partial charge in [-0.2, -0.15) is 5.10 Å². The Morgan fingerprint density at radius 2 is 2.15 bits per heavy atom. The lowest BCUT2D eigenvalue weighted by Gasteiger charge is -2.17. The molecular formula is C19H19Cl2F2N3O. The molecule has 1 aliphatic carbocycles. The first kappa shape index (κ1) is 19.8. The second-order valence-corrected chi connectivity index (χ2v) is 7.49. The van der Waals surface area contributed by atoms with Crippen LogP contribution in [0.25, 0.3) is 0 Å². The average Bonchev–Trinajstić information content (AvgIpc) is 3.17. The molecule has 1 aliphatic rings. The van der Waals surface area contributed by atoms with Gasteiger partial charge in [0.25, 0.3) is 12.3 Å². The molecule has 1 atom stereocenters. The summed E-state index contributed by atoms with van der Waals surface area (Å²) < 4.78 is 27.8. The summed E-state index contributed by atoms with van der Waals surface area (Å²) in [6.07, 6.45) is 0.819. The molecule has 1 amide bonds. The fraction of sp³-hybridized carbons (Fsp3) is 0.368. The van der Waals surface area contributed by atoms with E-state index in [9.17, 15) is 13.6 Å².